The minimum absolute atomic E-state index is 0.160. The van der Waals surface area contributed by atoms with Crippen molar-refractivity contribution in [2.75, 3.05) is 14.1 Å². The standard InChI is InChI=1S/C21H26N6O/c1-26(2)17-7-4-14(5-8-17)21(28)11-16-10-19-15(12-22-16)6-9-18(23-19)20-13-27(3)25-24-20/h6,9-10,12-14,17H,4-5,7-8,11H2,1-3H3. The summed E-state index contributed by atoms with van der Waals surface area (Å²) in [4.78, 5) is 24.2. The molecule has 1 aliphatic rings. The van der Waals surface area contributed by atoms with Gasteiger partial charge in [0.15, 0.2) is 0 Å². The second-order valence-electron chi connectivity index (χ2n) is 7.95. The Bertz CT molecular complexity index is 987. The van der Waals surface area contributed by atoms with Crippen LogP contribution in [-0.4, -0.2) is 55.8 Å². The van der Waals surface area contributed by atoms with Gasteiger partial charge in [0.05, 0.1) is 17.4 Å². The van der Waals surface area contributed by atoms with E-state index in [0.29, 0.717) is 18.2 Å². The zero-order valence-electron chi connectivity index (χ0n) is 16.7. The van der Waals surface area contributed by atoms with Gasteiger partial charge in [-0.3, -0.25) is 14.5 Å². The van der Waals surface area contributed by atoms with Crippen LogP contribution in [0.5, 0.6) is 0 Å². The molecule has 0 atom stereocenters. The summed E-state index contributed by atoms with van der Waals surface area (Å²) in [5, 5.41) is 9.04. The van der Waals surface area contributed by atoms with Gasteiger partial charge in [-0.1, -0.05) is 5.21 Å². The van der Waals surface area contributed by atoms with E-state index in [4.69, 9.17) is 4.98 Å². The number of fused-ring (bicyclic) bond motifs is 1. The Kier molecular flexibility index (Phi) is 5.17. The quantitative estimate of drug-likeness (QED) is 0.679. The van der Waals surface area contributed by atoms with Crippen molar-refractivity contribution in [1.82, 2.24) is 29.9 Å². The lowest BCUT2D eigenvalue weighted by molar-refractivity contribution is -0.123. The fraction of sp³-hybridized carbons (Fsp3) is 0.476. The first-order valence-corrected chi connectivity index (χ1v) is 9.81. The minimum atomic E-state index is 0.160. The normalized spacial score (nSPS) is 20.0. The number of carbonyl (C=O) groups is 1. The van der Waals surface area contributed by atoms with Gasteiger partial charge in [0.2, 0.25) is 0 Å². The van der Waals surface area contributed by atoms with Crippen LogP contribution in [0.3, 0.4) is 0 Å². The molecule has 7 nitrogen and oxygen atoms in total. The van der Waals surface area contributed by atoms with Crippen LogP contribution in [0, 0.1) is 5.92 Å². The Hall–Kier alpha value is -2.67. The molecule has 146 valence electrons. The van der Waals surface area contributed by atoms with Gasteiger partial charge in [0.1, 0.15) is 11.5 Å². The highest BCUT2D eigenvalue weighted by Crippen LogP contribution is 2.28. The molecule has 28 heavy (non-hydrogen) atoms. The molecule has 0 radical (unpaired) electrons. The predicted octanol–water partition coefficient (Wildman–Crippen LogP) is 2.66. The van der Waals surface area contributed by atoms with Crippen LogP contribution in [0.25, 0.3) is 22.3 Å². The third-order valence-corrected chi connectivity index (χ3v) is 5.73. The van der Waals surface area contributed by atoms with Crippen LogP contribution in [-0.2, 0) is 18.3 Å². The maximum Gasteiger partial charge on any atom is 0.141 e. The number of aryl methyl sites for hydroxylation is 1. The average Bonchev–Trinajstić information content (AvgIpc) is 3.14. The zero-order chi connectivity index (χ0) is 19.7. The number of rotatable bonds is 5. The third-order valence-electron chi connectivity index (χ3n) is 5.73. The van der Waals surface area contributed by atoms with E-state index in [9.17, 15) is 4.79 Å². The minimum Gasteiger partial charge on any atom is -0.306 e. The van der Waals surface area contributed by atoms with Gasteiger partial charge in [-0.2, -0.15) is 0 Å². The topological polar surface area (TPSA) is 76.8 Å². The highest BCUT2D eigenvalue weighted by molar-refractivity contribution is 5.85. The molecule has 0 aromatic carbocycles. The van der Waals surface area contributed by atoms with Gasteiger partial charge in [0, 0.05) is 42.7 Å². The fourth-order valence-electron chi connectivity index (χ4n) is 4.00. The molecular weight excluding hydrogens is 352 g/mol. The van der Waals surface area contributed by atoms with Crippen LogP contribution in [0.2, 0.25) is 0 Å². The molecule has 3 aromatic heterocycles. The number of ketones is 1. The second kappa shape index (κ2) is 7.75. The molecule has 1 aliphatic carbocycles. The lowest BCUT2D eigenvalue weighted by atomic mass is 9.82. The molecule has 0 amide bonds. The Morgan fingerprint density at radius 2 is 1.96 bits per heavy atom. The van der Waals surface area contributed by atoms with Crippen molar-refractivity contribution < 1.29 is 4.79 Å². The predicted molar refractivity (Wildman–Crippen MR) is 108 cm³/mol. The molecule has 7 heteroatoms. The summed E-state index contributed by atoms with van der Waals surface area (Å²) in [5.74, 6) is 0.460. The summed E-state index contributed by atoms with van der Waals surface area (Å²) in [6, 6.07) is 6.43. The van der Waals surface area contributed by atoms with E-state index in [0.717, 1.165) is 53.7 Å². The molecule has 3 heterocycles. The van der Waals surface area contributed by atoms with E-state index in [1.54, 1.807) is 10.9 Å². The first kappa shape index (κ1) is 18.7. The molecular formula is C21H26N6O. The summed E-state index contributed by atoms with van der Waals surface area (Å²) in [6.45, 7) is 0. The Balaban J connectivity index is 1.49. The van der Waals surface area contributed by atoms with Gasteiger partial charge in [-0.05, 0) is 58.0 Å². The van der Waals surface area contributed by atoms with E-state index in [1.165, 1.54) is 0 Å². The largest absolute Gasteiger partial charge is 0.306 e. The monoisotopic (exact) mass is 378 g/mol. The summed E-state index contributed by atoms with van der Waals surface area (Å²) < 4.78 is 1.66. The molecule has 4 rings (SSSR count). The lowest BCUT2D eigenvalue weighted by Gasteiger charge is -2.31. The molecule has 0 saturated heterocycles. The van der Waals surface area contributed by atoms with Gasteiger partial charge in [-0.25, -0.2) is 4.98 Å². The summed E-state index contributed by atoms with van der Waals surface area (Å²) >= 11 is 0. The smallest absolute Gasteiger partial charge is 0.141 e. The van der Waals surface area contributed by atoms with Crippen LogP contribution < -0.4 is 0 Å². The van der Waals surface area contributed by atoms with Gasteiger partial charge >= 0.3 is 0 Å². The van der Waals surface area contributed by atoms with Crippen molar-refractivity contribution in [2.45, 2.75) is 38.1 Å². The van der Waals surface area contributed by atoms with Crippen molar-refractivity contribution in [1.29, 1.82) is 0 Å². The Labute approximate surface area is 164 Å². The van der Waals surface area contributed by atoms with Crippen molar-refractivity contribution >= 4 is 16.7 Å². The number of carbonyl (C=O) groups excluding carboxylic acids is 1. The number of hydrogen-bond donors (Lipinski definition) is 0. The van der Waals surface area contributed by atoms with Gasteiger partial charge in [0.25, 0.3) is 0 Å². The molecule has 0 bridgehead atoms. The van der Waals surface area contributed by atoms with Crippen LogP contribution in [0.15, 0.2) is 30.6 Å². The van der Waals surface area contributed by atoms with Gasteiger partial charge in [-0.15, -0.1) is 5.10 Å². The van der Waals surface area contributed by atoms with E-state index < -0.39 is 0 Å². The van der Waals surface area contributed by atoms with Crippen molar-refractivity contribution in [3.05, 3.63) is 36.3 Å². The third kappa shape index (κ3) is 3.94. The number of pyridine rings is 2. The summed E-state index contributed by atoms with van der Waals surface area (Å²) in [5.41, 5.74) is 3.12. The zero-order valence-corrected chi connectivity index (χ0v) is 16.7. The molecule has 0 aliphatic heterocycles. The molecule has 1 saturated carbocycles. The molecule has 0 unspecified atom stereocenters. The second-order valence-corrected chi connectivity index (χ2v) is 7.95. The number of hydrogen-bond acceptors (Lipinski definition) is 6. The maximum absolute atomic E-state index is 12.8. The number of Topliss-reactive ketones (excluding diaryl/α,β-unsaturated/α-hetero) is 1. The highest BCUT2D eigenvalue weighted by Gasteiger charge is 2.27. The summed E-state index contributed by atoms with van der Waals surface area (Å²) in [6.07, 6.45) is 8.16. The molecule has 1 fully saturated rings. The Morgan fingerprint density at radius 3 is 2.64 bits per heavy atom. The van der Waals surface area contributed by atoms with Crippen molar-refractivity contribution in [2.24, 2.45) is 13.0 Å². The van der Waals surface area contributed by atoms with E-state index in [1.807, 2.05) is 31.4 Å². The van der Waals surface area contributed by atoms with E-state index in [-0.39, 0.29) is 5.92 Å². The van der Waals surface area contributed by atoms with Gasteiger partial charge < -0.3 is 4.90 Å². The van der Waals surface area contributed by atoms with E-state index in [2.05, 4.69) is 34.3 Å². The Morgan fingerprint density at radius 1 is 1.18 bits per heavy atom. The SMILES string of the molecule is CN(C)C1CCC(C(=O)Cc2cc3nc(-c4cn(C)nn4)ccc3cn2)CC1. The fourth-order valence-corrected chi connectivity index (χ4v) is 4.00. The first-order chi connectivity index (χ1) is 13.5. The molecule has 0 spiro atoms. The van der Waals surface area contributed by atoms with Crippen LogP contribution in [0.1, 0.15) is 31.4 Å². The van der Waals surface area contributed by atoms with E-state index >= 15 is 0 Å². The first-order valence-electron chi connectivity index (χ1n) is 9.81. The van der Waals surface area contributed by atoms with Crippen LogP contribution >= 0.6 is 0 Å². The van der Waals surface area contributed by atoms with Crippen molar-refractivity contribution in [3.63, 3.8) is 0 Å². The lowest BCUT2D eigenvalue weighted by Crippen LogP contribution is -2.34. The average molecular weight is 378 g/mol. The molecule has 0 N–H and O–H groups in total. The molecule has 3 aromatic rings. The van der Waals surface area contributed by atoms with Crippen molar-refractivity contribution in [3.8, 4) is 11.4 Å². The maximum atomic E-state index is 12.8. The summed E-state index contributed by atoms with van der Waals surface area (Å²) in [7, 11) is 6.07. The highest BCUT2D eigenvalue weighted by atomic mass is 16.1. The van der Waals surface area contributed by atoms with Crippen LogP contribution in [0.4, 0.5) is 0 Å². The number of aromatic nitrogens is 5. The number of nitrogens with zero attached hydrogens (tertiary/aromatic N) is 6.